The van der Waals surface area contributed by atoms with Crippen LogP contribution in [-0.4, -0.2) is 47.4 Å². The second kappa shape index (κ2) is 51.5. The first-order valence-electron chi connectivity index (χ1n) is 26.9. The maximum absolute atomic E-state index is 12.4. The van der Waals surface area contributed by atoms with E-state index in [1.165, 1.54) is 167 Å². The van der Waals surface area contributed by atoms with Gasteiger partial charge in [0, 0.05) is 12.8 Å². The Morgan fingerprint density at radius 2 is 0.839 bits per heavy atom. The molecule has 0 aromatic rings. The molecule has 3 N–H and O–H groups in total. The highest BCUT2D eigenvalue weighted by atomic mass is 16.5. The molecule has 6 nitrogen and oxygen atoms in total. The number of hydrogen-bond donors (Lipinski definition) is 3. The largest absolute Gasteiger partial charge is 0.466 e. The molecule has 0 aliphatic heterocycles. The molecule has 6 heteroatoms. The first-order valence-corrected chi connectivity index (χ1v) is 26.9. The van der Waals surface area contributed by atoms with E-state index in [4.69, 9.17) is 4.74 Å². The van der Waals surface area contributed by atoms with Crippen LogP contribution in [0.2, 0.25) is 0 Å². The molecule has 0 heterocycles. The van der Waals surface area contributed by atoms with Crippen molar-refractivity contribution in [2.24, 2.45) is 0 Å². The fourth-order valence-corrected chi connectivity index (χ4v) is 7.94. The quantitative estimate of drug-likeness (QED) is 0.0322. The standard InChI is InChI=1S/C56H103NO5/c1-3-5-7-9-11-13-15-17-19-20-21-22-24-28-32-36-40-44-48-54(59)53(52-58)57-55(60)49-45-41-37-33-29-25-23-27-31-35-39-43-47-51-62-56(61)50-46-42-38-34-30-26-18-16-14-12-10-8-6-4-2/h10,12,16,18,25,29,37,41,53-54,58-59H,3-9,11,13-15,17,19-24,26-28,30-36,38-40,42-52H2,1-2H3,(H,57,60)/b12-10-,18-16-,29-25-,41-37-. The highest BCUT2D eigenvalue weighted by Gasteiger charge is 2.19. The van der Waals surface area contributed by atoms with Gasteiger partial charge in [-0.2, -0.15) is 0 Å². The molecule has 0 saturated heterocycles. The summed E-state index contributed by atoms with van der Waals surface area (Å²) >= 11 is 0. The first-order chi connectivity index (χ1) is 30.5. The fraction of sp³-hybridized carbons (Fsp3) is 0.821. The zero-order chi connectivity index (χ0) is 45.1. The number of carbonyl (C=O) groups excluding carboxylic acids is 2. The van der Waals surface area contributed by atoms with Gasteiger partial charge in [0.05, 0.1) is 25.4 Å². The minimum absolute atomic E-state index is 0.0320. The van der Waals surface area contributed by atoms with Gasteiger partial charge in [-0.15, -0.1) is 0 Å². The third-order valence-corrected chi connectivity index (χ3v) is 12.1. The summed E-state index contributed by atoms with van der Waals surface area (Å²) in [4.78, 5) is 24.4. The van der Waals surface area contributed by atoms with E-state index in [1.807, 2.05) is 6.08 Å². The van der Waals surface area contributed by atoms with E-state index in [2.05, 4.69) is 61.7 Å². The minimum Gasteiger partial charge on any atom is -0.466 e. The van der Waals surface area contributed by atoms with Crippen molar-refractivity contribution in [1.29, 1.82) is 0 Å². The second-order valence-electron chi connectivity index (χ2n) is 18.2. The topological polar surface area (TPSA) is 95.9 Å². The summed E-state index contributed by atoms with van der Waals surface area (Å²) in [5.41, 5.74) is 0. The molecule has 0 rings (SSSR count). The molecule has 0 bridgehead atoms. The number of amides is 1. The maximum Gasteiger partial charge on any atom is 0.305 e. The number of rotatable bonds is 49. The SMILES string of the molecule is CCCC/C=C\C/C=C\CCCCCCCC(=O)OCCCCCCCC/C=C\C/C=C\CCC(=O)NC(CO)C(O)CCCCCCCCCCCCCCCCCCCC. The van der Waals surface area contributed by atoms with Crippen LogP contribution in [0, 0.1) is 0 Å². The lowest BCUT2D eigenvalue weighted by Gasteiger charge is -2.22. The summed E-state index contributed by atoms with van der Waals surface area (Å²) in [6, 6.07) is -0.587. The van der Waals surface area contributed by atoms with Crippen LogP contribution in [0.3, 0.4) is 0 Å². The number of allylic oxidation sites excluding steroid dienone is 8. The van der Waals surface area contributed by atoms with E-state index < -0.39 is 12.1 Å². The molecule has 62 heavy (non-hydrogen) atoms. The molecule has 0 radical (unpaired) electrons. The fourth-order valence-electron chi connectivity index (χ4n) is 7.94. The van der Waals surface area contributed by atoms with Gasteiger partial charge in [0.1, 0.15) is 0 Å². The Morgan fingerprint density at radius 3 is 1.31 bits per heavy atom. The number of ether oxygens (including phenoxy) is 1. The van der Waals surface area contributed by atoms with Crippen LogP contribution in [-0.2, 0) is 14.3 Å². The van der Waals surface area contributed by atoms with Crippen LogP contribution in [0.15, 0.2) is 48.6 Å². The van der Waals surface area contributed by atoms with Crippen molar-refractivity contribution in [1.82, 2.24) is 5.32 Å². The van der Waals surface area contributed by atoms with Gasteiger partial charge in [-0.1, -0.05) is 236 Å². The molecule has 0 aromatic carbocycles. The summed E-state index contributed by atoms with van der Waals surface area (Å²) < 4.78 is 5.44. The number of esters is 1. The number of unbranched alkanes of at least 4 members (excludes halogenated alkanes) is 30. The van der Waals surface area contributed by atoms with E-state index in [9.17, 15) is 19.8 Å². The summed E-state index contributed by atoms with van der Waals surface area (Å²) in [5.74, 6) is -0.148. The third kappa shape index (κ3) is 47.3. The number of hydrogen-bond acceptors (Lipinski definition) is 5. The summed E-state index contributed by atoms with van der Waals surface area (Å²) in [6.07, 6.45) is 63.8. The predicted octanol–water partition coefficient (Wildman–Crippen LogP) is 16.2. The van der Waals surface area contributed by atoms with Crippen LogP contribution >= 0.6 is 0 Å². The van der Waals surface area contributed by atoms with Crippen molar-refractivity contribution in [3.63, 3.8) is 0 Å². The summed E-state index contributed by atoms with van der Waals surface area (Å²) in [7, 11) is 0. The number of aliphatic hydroxyl groups is 2. The molecule has 0 aliphatic carbocycles. The van der Waals surface area contributed by atoms with Crippen molar-refractivity contribution in [3.05, 3.63) is 48.6 Å². The van der Waals surface area contributed by atoms with Gasteiger partial charge in [0.15, 0.2) is 0 Å². The van der Waals surface area contributed by atoms with Gasteiger partial charge in [0.25, 0.3) is 0 Å². The average molecular weight is 870 g/mol. The van der Waals surface area contributed by atoms with E-state index in [0.29, 0.717) is 32.3 Å². The predicted molar refractivity (Wildman–Crippen MR) is 269 cm³/mol. The Hall–Kier alpha value is -2.18. The van der Waals surface area contributed by atoms with Crippen LogP contribution in [0.4, 0.5) is 0 Å². The molecule has 0 saturated carbocycles. The zero-order valence-electron chi connectivity index (χ0n) is 41.1. The molecular weight excluding hydrogens is 767 g/mol. The lowest BCUT2D eigenvalue weighted by molar-refractivity contribution is -0.143. The molecule has 0 aromatic heterocycles. The minimum atomic E-state index is -0.701. The van der Waals surface area contributed by atoms with E-state index >= 15 is 0 Å². The lowest BCUT2D eigenvalue weighted by Crippen LogP contribution is -2.45. The summed E-state index contributed by atoms with van der Waals surface area (Å²) in [6.45, 7) is 4.84. The second-order valence-corrected chi connectivity index (χ2v) is 18.2. The third-order valence-electron chi connectivity index (χ3n) is 12.1. The van der Waals surface area contributed by atoms with E-state index in [-0.39, 0.29) is 18.5 Å². The Kier molecular flexibility index (Phi) is 49.6. The Morgan fingerprint density at radius 1 is 0.452 bits per heavy atom. The lowest BCUT2D eigenvalue weighted by atomic mass is 10.0. The first kappa shape index (κ1) is 59.8. The Labute approximate surface area is 385 Å². The summed E-state index contributed by atoms with van der Waals surface area (Å²) in [5, 5.41) is 23.2. The van der Waals surface area contributed by atoms with Gasteiger partial charge in [-0.3, -0.25) is 9.59 Å². The number of aliphatic hydroxyl groups excluding tert-OH is 2. The van der Waals surface area contributed by atoms with Gasteiger partial charge in [-0.25, -0.2) is 0 Å². The van der Waals surface area contributed by atoms with Crippen molar-refractivity contribution in [2.45, 2.75) is 283 Å². The molecule has 0 aliphatic rings. The highest BCUT2D eigenvalue weighted by molar-refractivity contribution is 5.76. The van der Waals surface area contributed by atoms with Crippen molar-refractivity contribution in [3.8, 4) is 0 Å². The number of nitrogens with one attached hydrogen (secondary N) is 1. The van der Waals surface area contributed by atoms with Gasteiger partial charge >= 0.3 is 5.97 Å². The number of carbonyl (C=O) groups is 2. The molecular formula is C56H103NO5. The molecule has 0 fully saturated rings. The van der Waals surface area contributed by atoms with Crippen LogP contribution in [0.5, 0.6) is 0 Å². The molecule has 2 unspecified atom stereocenters. The Balaban J connectivity index is 3.57. The van der Waals surface area contributed by atoms with Gasteiger partial charge in [-0.05, 0) is 70.6 Å². The van der Waals surface area contributed by atoms with Crippen LogP contribution < -0.4 is 5.32 Å². The molecule has 2 atom stereocenters. The normalized spacial score (nSPS) is 13.0. The average Bonchev–Trinajstić information content (AvgIpc) is 3.27. The molecule has 0 spiro atoms. The van der Waals surface area contributed by atoms with Gasteiger partial charge < -0.3 is 20.3 Å². The monoisotopic (exact) mass is 870 g/mol. The Bertz CT molecular complexity index is 1050. The van der Waals surface area contributed by atoms with Crippen molar-refractivity contribution >= 4 is 11.9 Å². The zero-order valence-corrected chi connectivity index (χ0v) is 41.1. The highest BCUT2D eigenvalue weighted by Crippen LogP contribution is 2.16. The van der Waals surface area contributed by atoms with Crippen LogP contribution in [0.1, 0.15) is 271 Å². The van der Waals surface area contributed by atoms with Gasteiger partial charge in [0.2, 0.25) is 5.91 Å². The maximum atomic E-state index is 12.4. The molecule has 1 amide bonds. The van der Waals surface area contributed by atoms with Crippen molar-refractivity contribution in [2.75, 3.05) is 13.2 Å². The van der Waals surface area contributed by atoms with E-state index in [1.54, 1.807) is 0 Å². The van der Waals surface area contributed by atoms with E-state index in [0.717, 1.165) is 64.2 Å². The van der Waals surface area contributed by atoms with Crippen LogP contribution in [0.25, 0.3) is 0 Å². The molecule has 362 valence electrons. The van der Waals surface area contributed by atoms with Crippen molar-refractivity contribution < 1.29 is 24.5 Å². The smallest absolute Gasteiger partial charge is 0.305 e.